The van der Waals surface area contributed by atoms with Gasteiger partial charge in [0.2, 0.25) is 21.8 Å². The monoisotopic (exact) mass is 420 g/mol. The van der Waals surface area contributed by atoms with E-state index in [2.05, 4.69) is 0 Å². The van der Waals surface area contributed by atoms with Crippen LogP contribution in [0.1, 0.15) is 36.8 Å². The van der Waals surface area contributed by atoms with Crippen LogP contribution in [0.2, 0.25) is 0 Å². The highest BCUT2D eigenvalue weighted by atomic mass is 32.2. The van der Waals surface area contributed by atoms with Crippen LogP contribution in [0.4, 0.5) is 0 Å². The van der Waals surface area contributed by atoms with Gasteiger partial charge in [0, 0.05) is 0 Å². The van der Waals surface area contributed by atoms with Crippen molar-refractivity contribution in [3.63, 3.8) is 0 Å². The molecule has 2 aliphatic heterocycles. The fourth-order valence-corrected chi connectivity index (χ4v) is 6.69. The van der Waals surface area contributed by atoms with Gasteiger partial charge in [-0.25, -0.2) is 13.3 Å². The lowest BCUT2D eigenvalue weighted by Gasteiger charge is -2.33. The van der Waals surface area contributed by atoms with Crippen LogP contribution in [0.25, 0.3) is 0 Å². The van der Waals surface area contributed by atoms with Crippen LogP contribution in [0, 0.1) is 25.7 Å². The molecule has 1 aliphatic carbocycles. The number of benzene rings is 1. The maximum atomic E-state index is 13.1. The molecule has 0 radical (unpaired) electrons. The van der Waals surface area contributed by atoms with E-state index in [1.54, 1.807) is 6.07 Å². The Morgan fingerprint density at radius 3 is 2.17 bits per heavy atom. The van der Waals surface area contributed by atoms with Crippen LogP contribution in [-0.2, 0) is 19.6 Å². The summed E-state index contributed by atoms with van der Waals surface area (Å²) in [5, 5.41) is 0. The van der Waals surface area contributed by atoms with Crippen molar-refractivity contribution < 1.29 is 22.9 Å². The lowest BCUT2D eigenvalue weighted by atomic mass is 9.81. The first-order valence-corrected chi connectivity index (χ1v) is 12.0. The number of carbonyl (C=O) groups excluding carboxylic acids is 2. The number of nitrogens with one attached hydrogen (secondary N) is 1. The number of aryl methyl sites for hydroxylation is 2. The molecule has 2 saturated heterocycles. The highest BCUT2D eigenvalue weighted by Crippen LogP contribution is 2.37. The van der Waals surface area contributed by atoms with Crippen molar-refractivity contribution >= 4 is 21.8 Å². The molecule has 0 bridgehead atoms. The molecule has 1 aromatic carbocycles. The summed E-state index contributed by atoms with van der Waals surface area (Å²) in [5.74, 6) is -0.279. The van der Waals surface area contributed by atoms with Crippen molar-refractivity contribution in [3.05, 3.63) is 29.3 Å². The number of nitrogens with zero attached hydrogens (tertiary/aromatic N) is 2. The Morgan fingerprint density at radius 2 is 1.59 bits per heavy atom. The van der Waals surface area contributed by atoms with Gasteiger partial charge in [0.25, 0.3) is 0 Å². The number of piperazine rings is 1. The quantitative estimate of drug-likeness (QED) is 0.712. The third kappa shape index (κ3) is 3.73. The topological polar surface area (TPSA) is 79.2 Å². The largest absolute Gasteiger partial charge is 0.315 e. The molecule has 8 heteroatoms. The minimum atomic E-state index is -3.53. The van der Waals surface area contributed by atoms with Crippen molar-refractivity contribution in [2.75, 3.05) is 32.8 Å². The van der Waals surface area contributed by atoms with E-state index >= 15 is 0 Å². The maximum Gasteiger partial charge on any atom is 0.243 e. The number of amides is 2. The number of imide groups is 1. The Hall–Kier alpha value is -1.77. The van der Waals surface area contributed by atoms with Gasteiger partial charge >= 0.3 is 0 Å². The molecule has 2 atom stereocenters. The molecule has 0 unspecified atom stereocenters. The molecule has 0 aromatic heterocycles. The molecular weight excluding hydrogens is 390 g/mol. The molecule has 2 amide bonds. The molecule has 158 valence electrons. The van der Waals surface area contributed by atoms with Crippen LogP contribution in [0.3, 0.4) is 0 Å². The summed E-state index contributed by atoms with van der Waals surface area (Å²) in [7, 11) is -3.53. The molecule has 4 rings (SSSR count). The highest BCUT2D eigenvalue weighted by Gasteiger charge is 2.49. The number of sulfonamides is 1. The Bertz CT molecular complexity index is 898. The van der Waals surface area contributed by atoms with Crippen molar-refractivity contribution in [1.29, 1.82) is 0 Å². The zero-order chi connectivity index (χ0) is 20.8. The van der Waals surface area contributed by atoms with E-state index in [1.807, 2.05) is 26.0 Å². The highest BCUT2D eigenvalue weighted by molar-refractivity contribution is 7.89. The second kappa shape index (κ2) is 7.81. The lowest BCUT2D eigenvalue weighted by Crippen LogP contribution is -3.16. The van der Waals surface area contributed by atoms with E-state index in [1.165, 1.54) is 9.21 Å². The molecule has 7 nitrogen and oxygen atoms in total. The molecule has 3 fully saturated rings. The van der Waals surface area contributed by atoms with E-state index in [0.717, 1.165) is 41.7 Å². The number of hydrogen-bond acceptors (Lipinski definition) is 4. The smallest absolute Gasteiger partial charge is 0.243 e. The number of carbonyl (C=O) groups is 2. The van der Waals surface area contributed by atoms with E-state index in [0.29, 0.717) is 37.7 Å². The van der Waals surface area contributed by atoms with E-state index in [4.69, 9.17) is 0 Å². The fraction of sp³-hybridized carbons (Fsp3) is 0.619. The van der Waals surface area contributed by atoms with Crippen molar-refractivity contribution in [2.24, 2.45) is 11.8 Å². The first kappa shape index (κ1) is 20.5. The lowest BCUT2D eigenvalue weighted by molar-refractivity contribution is -0.910. The first-order valence-electron chi connectivity index (χ1n) is 10.6. The summed E-state index contributed by atoms with van der Waals surface area (Å²) < 4.78 is 27.7. The van der Waals surface area contributed by atoms with Crippen LogP contribution >= 0.6 is 0 Å². The third-order valence-electron chi connectivity index (χ3n) is 6.71. The predicted octanol–water partition coefficient (Wildman–Crippen LogP) is 0.325. The molecule has 3 aliphatic rings. The molecule has 29 heavy (non-hydrogen) atoms. The summed E-state index contributed by atoms with van der Waals surface area (Å²) in [6.45, 7) is 6.05. The van der Waals surface area contributed by atoms with Crippen molar-refractivity contribution in [3.8, 4) is 0 Å². The van der Waals surface area contributed by atoms with Gasteiger partial charge in [0.1, 0.15) is 0 Å². The second-order valence-electron chi connectivity index (χ2n) is 8.68. The molecule has 0 spiro atoms. The molecule has 1 saturated carbocycles. The summed E-state index contributed by atoms with van der Waals surface area (Å²) in [6, 6.07) is 5.49. The molecule has 1 N–H and O–H groups in total. The second-order valence-corrected chi connectivity index (χ2v) is 10.6. The Balaban J connectivity index is 1.40. The van der Waals surface area contributed by atoms with Gasteiger partial charge in [0.15, 0.2) is 6.67 Å². The zero-order valence-electron chi connectivity index (χ0n) is 17.2. The predicted molar refractivity (Wildman–Crippen MR) is 108 cm³/mol. The van der Waals surface area contributed by atoms with Gasteiger partial charge in [-0.3, -0.25) is 9.59 Å². The summed E-state index contributed by atoms with van der Waals surface area (Å²) >= 11 is 0. The SMILES string of the molecule is Cc1ccc(C)c(S(=O)(=O)N2CC[NH+](CN3C(=O)[C@H]4CCCC[C@@H]4C3=O)CC2)c1. The number of hydrogen-bond donors (Lipinski definition) is 1. The summed E-state index contributed by atoms with van der Waals surface area (Å²) in [6.07, 6.45) is 3.69. The minimum Gasteiger partial charge on any atom is -0.315 e. The average Bonchev–Trinajstić information content (AvgIpc) is 2.95. The van der Waals surface area contributed by atoms with Gasteiger partial charge in [-0.1, -0.05) is 25.0 Å². The maximum absolute atomic E-state index is 13.1. The van der Waals surface area contributed by atoms with Crippen LogP contribution in [0.15, 0.2) is 23.1 Å². The zero-order valence-corrected chi connectivity index (χ0v) is 18.0. The van der Waals surface area contributed by atoms with E-state index in [9.17, 15) is 18.0 Å². The molecule has 1 aromatic rings. The number of rotatable bonds is 4. The normalized spacial score (nSPS) is 26.8. The summed E-state index contributed by atoms with van der Waals surface area (Å²) in [4.78, 5) is 28.3. The van der Waals surface area contributed by atoms with Crippen LogP contribution < -0.4 is 4.90 Å². The van der Waals surface area contributed by atoms with E-state index in [-0.39, 0.29) is 23.7 Å². The Morgan fingerprint density at radius 1 is 1.00 bits per heavy atom. The van der Waals surface area contributed by atoms with Crippen LogP contribution in [0.5, 0.6) is 0 Å². The average molecular weight is 421 g/mol. The minimum absolute atomic E-state index is 0.0161. The standard InChI is InChI=1S/C21H29N3O4S/c1-15-7-8-16(2)19(13-15)29(27,28)23-11-9-22(10-12-23)14-24-20(25)17-5-3-4-6-18(17)21(24)26/h7-8,13,17-18H,3-6,9-12,14H2,1-2H3/p+1/t17-,18-/m0/s1. The number of quaternary nitrogens is 1. The van der Waals surface area contributed by atoms with Gasteiger partial charge in [0.05, 0.1) is 42.9 Å². The number of fused-ring (bicyclic) bond motifs is 1. The first-order chi connectivity index (χ1) is 13.8. The Kier molecular flexibility index (Phi) is 5.52. The Labute approximate surface area is 172 Å². The van der Waals surface area contributed by atoms with Gasteiger partial charge in [-0.05, 0) is 43.9 Å². The third-order valence-corrected chi connectivity index (χ3v) is 8.75. The van der Waals surface area contributed by atoms with Crippen LogP contribution in [-0.4, -0.2) is 62.3 Å². The number of likely N-dealkylation sites (tertiary alicyclic amines) is 1. The summed E-state index contributed by atoms with van der Waals surface area (Å²) in [5.41, 5.74) is 1.67. The van der Waals surface area contributed by atoms with Gasteiger partial charge in [-0.2, -0.15) is 4.31 Å². The van der Waals surface area contributed by atoms with Gasteiger partial charge < -0.3 is 4.90 Å². The van der Waals surface area contributed by atoms with Crippen molar-refractivity contribution in [1.82, 2.24) is 9.21 Å². The molecular formula is C21H30N3O4S+. The van der Waals surface area contributed by atoms with Crippen molar-refractivity contribution in [2.45, 2.75) is 44.4 Å². The molecule has 2 heterocycles. The van der Waals surface area contributed by atoms with E-state index < -0.39 is 10.0 Å². The van der Waals surface area contributed by atoms with Gasteiger partial charge in [-0.15, -0.1) is 0 Å². The fourth-order valence-electron chi connectivity index (χ4n) is 4.94.